The lowest BCUT2D eigenvalue weighted by atomic mass is 10.7. The summed E-state index contributed by atoms with van der Waals surface area (Å²) in [4.78, 5) is 8.82. The average Bonchev–Trinajstić information content (AvgIpc) is 1.81. The van der Waals surface area contributed by atoms with Crippen molar-refractivity contribution in [1.82, 2.24) is 0 Å². The Balaban J connectivity index is 2.80. The molecule has 8 heavy (non-hydrogen) atoms. The summed E-state index contributed by atoms with van der Waals surface area (Å²) in [5.74, 6) is 0. The fourth-order valence-electron chi connectivity index (χ4n) is 0.190. The zero-order valence-corrected chi connectivity index (χ0v) is 4.83. The summed E-state index contributed by atoms with van der Waals surface area (Å²) in [7, 11) is 0. The van der Waals surface area contributed by atoms with E-state index in [0.717, 1.165) is 0 Å². The third-order valence-corrected chi connectivity index (χ3v) is 0.443. The Labute approximate surface area is 48.5 Å². The minimum absolute atomic E-state index is 0.0208. The van der Waals surface area contributed by atoms with Gasteiger partial charge < -0.3 is 9.99 Å². The van der Waals surface area contributed by atoms with Crippen LogP contribution in [0.2, 0.25) is 0 Å². The van der Waals surface area contributed by atoms with E-state index in [1.165, 1.54) is 12.3 Å². The maximum absolute atomic E-state index is 8.14. The third kappa shape index (κ3) is 5.46. The predicted octanol–water partition coefficient (Wildman–Crippen LogP) is 0.460. The first-order chi connectivity index (χ1) is 3.91. The minimum atomic E-state index is -0.0208. The van der Waals surface area contributed by atoms with Crippen molar-refractivity contribution in [1.29, 1.82) is 0 Å². The quantitative estimate of drug-likeness (QED) is 0.252. The van der Waals surface area contributed by atoms with Crippen LogP contribution in [0.3, 0.4) is 0 Å². The van der Waals surface area contributed by atoms with Crippen LogP contribution in [0.15, 0.2) is 12.3 Å². The van der Waals surface area contributed by atoms with Crippen LogP contribution in [0.5, 0.6) is 0 Å². The fourth-order valence-corrected chi connectivity index (χ4v) is 0.190. The monoisotopic (exact) mass is 118 g/mol. The molecule has 0 aromatic rings. The molecule has 0 saturated heterocycles. The topological polar surface area (TPSA) is 38.7 Å². The average molecular weight is 118 g/mol. The Kier molecular flexibility index (Phi) is 6.02. The second-order valence-corrected chi connectivity index (χ2v) is 1.06. The van der Waals surface area contributed by atoms with E-state index in [1.807, 2.05) is 6.92 Å². The zero-order chi connectivity index (χ0) is 6.24. The van der Waals surface area contributed by atoms with E-state index in [1.54, 1.807) is 0 Å². The summed E-state index contributed by atoms with van der Waals surface area (Å²) in [5, 5.41) is 8.14. The molecule has 0 saturated carbocycles. The highest BCUT2D eigenvalue weighted by Crippen LogP contribution is 1.77. The van der Waals surface area contributed by atoms with Gasteiger partial charge in [0.2, 0.25) is 0 Å². The SMILES string of the molecule is CCOO/C=C/CO. The molecular formula is C5H10O3. The molecule has 0 aliphatic carbocycles. The van der Waals surface area contributed by atoms with Gasteiger partial charge in [-0.2, -0.15) is 4.89 Å². The first kappa shape index (κ1) is 7.46. The molecule has 0 amide bonds. The maximum atomic E-state index is 8.14. The van der Waals surface area contributed by atoms with Crippen molar-refractivity contribution in [2.75, 3.05) is 13.2 Å². The van der Waals surface area contributed by atoms with Gasteiger partial charge in [-0.3, -0.25) is 0 Å². The van der Waals surface area contributed by atoms with Crippen molar-refractivity contribution < 1.29 is 14.9 Å². The molecule has 0 unspecified atom stereocenters. The number of hydrogen-bond acceptors (Lipinski definition) is 3. The Morgan fingerprint density at radius 2 is 2.38 bits per heavy atom. The molecule has 0 aromatic heterocycles. The second kappa shape index (κ2) is 6.46. The van der Waals surface area contributed by atoms with E-state index in [0.29, 0.717) is 6.61 Å². The largest absolute Gasteiger partial charge is 0.392 e. The molecule has 0 bridgehead atoms. The van der Waals surface area contributed by atoms with Crippen molar-refractivity contribution in [2.45, 2.75) is 6.92 Å². The Morgan fingerprint density at radius 1 is 1.62 bits per heavy atom. The molecule has 0 heterocycles. The van der Waals surface area contributed by atoms with Crippen LogP contribution in [0.25, 0.3) is 0 Å². The van der Waals surface area contributed by atoms with Gasteiger partial charge in [-0.1, -0.05) is 0 Å². The third-order valence-electron chi connectivity index (χ3n) is 0.443. The van der Waals surface area contributed by atoms with Crippen LogP contribution >= 0.6 is 0 Å². The van der Waals surface area contributed by atoms with Crippen LogP contribution in [0, 0.1) is 0 Å². The molecule has 1 N–H and O–H groups in total. The Hall–Kier alpha value is -0.540. The number of aliphatic hydroxyl groups excluding tert-OH is 1. The Morgan fingerprint density at radius 3 is 2.88 bits per heavy atom. The lowest BCUT2D eigenvalue weighted by Crippen LogP contribution is -1.84. The van der Waals surface area contributed by atoms with Crippen LogP contribution in [0.1, 0.15) is 6.92 Å². The molecule has 0 spiro atoms. The highest BCUT2D eigenvalue weighted by molar-refractivity contribution is 4.69. The van der Waals surface area contributed by atoms with Gasteiger partial charge in [-0.05, 0) is 13.0 Å². The maximum Gasteiger partial charge on any atom is 0.127 e. The first-order valence-corrected chi connectivity index (χ1v) is 2.46. The van der Waals surface area contributed by atoms with E-state index in [4.69, 9.17) is 5.11 Å². The molecule has 0 atom stereocenters. The lowest BCUT2D eigenvalue weighted by Gasteiger charge is -1.92. The van der Waals surface area contributed by atoms with Gasteiger partial charge in [0.15, 0.2) is 0 Å². The van der Waals surface area contributed by atoms with E-state index >= 15 is 0 Å². The van der Waals surface area contributed by atoms with Crippen molar-refractivity contribution >= 4 is 0 Å². The standard InChI is InChI=1S/C5H10O3/c1-2-7-8-5-3-4-6/h3,5-6H,2,4H2,1H3/b5-3+. The van der Waals surface area contributed by atoms with Gasteiger partial charge in [0.05, 0.1) is 13.2 Å². The van der Waals surface area contributed by atoms with Crippen LogP contribution in [-0.2, 0) is 9.78 Å². The summed E-state index contributed by atoms with van der Waals surface area (Å²) >= 11 is 0. The molecule has 0 radical (unpaired) electrons. The normalized spacial score (nSPS) is 10.2. The van der Waals surface area contributed by atoms with Crippen molar-refractivity contribution in [2.24, 2.45) is 0 Å². The first-order valence-electron chi connectivity index (χ1n) is 2.46. The zero-order valence-electron chi connectivity index (χ0n) is 4.83. The van der Waals surface area contributed by atoms with Gasteiger partial charge in [0, 0.05) is 0 Å². The smallest absolute Gasteiger partial charge is 0.127 e. The Bertz CT molecular complexity index is 60.7. The molecule has 0 aliphatic rings. The molecule has 0 rings (SSSR count). The molecule has 48 valence electrons. The van der Waals surface area contributed by atoms with E-state index in [-0.39, 0.29) is 6.61 Å². The van der Waals surface area contributed by atoms with Crippen molar-refractivity contribution in [3.05, 3.63) is 12.3 Å². The highest BCUT2D eigenvalue weighted by atomic mass is 17.2. The molecule has 0 aromatic carbocycles. The van der Waals surface area contributed by atoms with E-state index < -0.39 is 0 Å². The van der Waals surface area contributed by atoms with Crippen molar-refractivity contribution in [3.8, 4) is 0 Å². The second-order valence-electron chi connectivity index (χ2n) is 1.06. The summed E-state index contributed by atoms with van der Waals surface area (Å²) in [6, 6.07) is 0. The van der Waals surface area contributed by atoms with Gasteiger partial charge in [-0.25, -0.2) is 0 Å². The molecular weight excluding hydrogens is 108 g/mol. The summed E-state index contributed by atoms with van der Waals surface area (Å²) in [6.07, 6.45) is 2.74. The highest BCUT2D eigenvalue weighted by Gasteiger charge is 1.71. The fraction of sp³-hybridized carbons (Fsp3) is 0.600. The minimum Gasteiger partial charge on any atom is -0.392 e. The van der Waals surface area contributed by atoms with E-state index in [2.05, 4.69) is 9.78 Å². The number of hydrogen-bond donors (Lipinski definition) is 1. The lowest BCUT2D eigenvalue weighted by molar-refractivity contribution is -0.244. The number of aliphatic hydroxyl groups is 1. The number of rotatable bonds is 4. The molecule has 3 nitrogen and oxygen atoms in total. The van der Waals surface area contributed by atoms with Crippen molar-refractivity contribution in [3.63, 3.8) is 0 Å². The van der Waals surface area contributed by atoms with Gasteiger partial charge in [-0.15, -0.1) is 0 Å². The van der Waals surface area contributed by atoms with Crippen LogP contribution in [0.4, 0.5) is 0 Å². The predicted molar refractivity (Wildman–Crippen MR) is 28.9 cm³/mol. The van der Waals surface area contributed by atoms with Crippen LogP contribution in [-0.4, -0.2) is 18.3 Å². The summed E-state index contributed by atoms with van der Waals surface area (Å²) < 4.78 is 0. The van der Waals surface area contributed by atoms with E-state index in [9.17, 15) is 0 Å². The van der Waals surface area contributed by atoms with Crippen LogP contribution < -0.4 is 0 Å². The molecule has 3 heteroatoms. The molecule has 0 aliphatic heterocycles. The van der Waals surface area contributed by atoms with Gasteiger partial charge in [0.1, 0.15) is 6.26 Å². The summed E-state index contributed by atoms with van der Waals surface area (Å²) in [5.41, 5.74) is 0. The summed E-state index contributed by atoms with van der Waals surface area (Å²) in [6.45, 7) is 2.30. The van der Waals surface area contributed by atoms with Gasteiger partial charge >= 0.3 is 0 Å². The van der Waals surface area contributed by atoms with Gasteiger partial charge in [0.25, 0.3) is 0 Å². The molecule has 0 fully saturated rings.